The third-order valence-corrected chi connectivity index (χ3v) is 6.14. The van der Waals surface area contributed by atoms with E-state index in [0.29, 0.717) is 12.1 Å². The van der Waals surface area contributed by atoms with Crippen molar-refractivity contribution in [2.75, 3.05) is 7.11 Å². The van der Waals surface area contributed by atoms with Crippen molar-refractivity contribution in [2.24, 2.45) is 0 Å². The first-order chi connectivity index (χ1) is 18.0. The minimum absolute atomic E-state index is 0. The molecule has 0 radical (unpaired) electrons. The number of hydrogen-bond acceptors (Lipinski definition) is 6. The number of aromatic nitrogens is 1. The third-order valence-electron chi connectivity index (χ3n) is 6.14. The first-order valence-electron chi connectivity index (χ1n) is 11.8. The first-order valence-corrected chi connectivity index (χ1v) is 11.8. The maximum Gasteiger partial charge on any atom is 0.323 e. The molecular formula is C30H27ArN3O4. The molecule has 0 aliphatic rings. The maximum atomic E-state index is 13.0. The number of methoxy groups -OCH3 is 1. The van der Waals surface area contributed by atoms with Gasteiger partial charge in [0.25, 0.3) is 5.69 Å². The van der Waals surface area contributed by atoms with Crippen LogP contribution in [0, 0.1) is 47.9 Å². The molecule has 1 aromatic heterocycles. The van der Waals surface area contributed by atoms with Crippen molar-refractivity contribution in [3.05, 3.63) is 148 Å². The van der Waals surface area contributed by atoms with Gasteiger partial charge in [0.1, 0.15) is 12.2 Å². The van der Waals surface area contributed by atoms with Crippen molar-refractivity contribution in [2.45, 2.75) is 18.0 Å². The van der Waals surface area contributed by atoms with Gasteiger partial charge in [0.05, 0.1) is 23.3 Å². The molecule has 7 nitrogen and oxygen atoms in total. The maximum absolute atomic E-state index is 13.0. The fourth-order valence-corrected chi connectivity index (χ4v) is 4.36. The van der Waals surface area contributed by atoms with Gasteiger partial charge < -0.3 is 4.74 Å². The standard InChI is InChI=1S/C30H27N3O4.Ar/c1-37-29(34)28(19-11-18-26-20-21-27(22-31-26)33(35)36)32-30(23-12-5-2-6-13-23,24-14-7-3-8-15-24)25-16-9-4-10-17-25;/h2-18,20-22,28,32H,19H2,1H3;/b18-11+;/t28-;/m0./s1. The molecule has 1 heterocycles. The smallest absolute Gasteiger partial charge is 0.323 e. The van der Waals surface area contributed by atoms with Gasteiger partial charge in [-0.25, -0.2) is 4.98 Å². The van der Waals surface area contributed by atoms with Gasteiger partial charge in [-0.2, -0.15) is 0 Å². The Balaban J connectivity index is 0.00000400. The molecule has 3 aromatic carbocycles. The van der Waals surface area contributed by atoms with E-state index in [9.17, 15) is 14.9 Å². The van der Waals surface area contributed by atoms with Crippen LogP contribution in [-0.2, 0) is 15.1 Å². The second-order valence-corrected chi connectivity index (χ2v) is 8.40. The number of carbonyl (C=O) groups is 1. The molecule has 0 saturated heterocycles. The van der Waals surface area contributed by atoms with E-state index in [2.05, 4.69) is 10.3 Å². The van der Waals surface area contributed by atoms with Crippen LogP contribution in [0.4, 0.5) is 5.69 Å². The quantitative estimate of drug-likeness (QED) is 0.125. The van der Waals surface area contributed by atoms with Gasteiger partial charge in [0, 0.05) is 43.8 Å². The minimum atomic E-state index is -0.845. The van der Waals surface area contributed by atoms with E-state index in [0.717, 1.165) is 16.7 Å². The third kappa shape index (κ3) is 6.74. The Kier molecular flexibility index (Phi) is 10.7. The molecule has 0 saturated carbocycles. The van der Waals surface area contributed by atoms with Crippen molar-refractivity contribution in [3.8, 4) is 0 Å². The molecule has 0 aliphatic carbocycles. The average molecular weight is 534 g/mol. The average Bonchev–Trinajstić information content (AvgIpc) is 2.96. The zero-order valence-electron chi connectivity index (χ0n) is 20.7. The summed E-state index contributed by atoms with van der Waals surface area (Å²) in [6.45, 7) is 0. The van der Waals surface area contributed by atoms with Gasteiger partial charge in [-0.15, -0.1) is 0 Å². The zero-order valence-corrected chi connectivity index (χ0v) is 21.4. The number of rotatable bonds is 10. The monoisotopic (exact) mass is 533 g/mol. The number of ether oxygens (including phenoxy) is 1. The Labute approximate surface area is 251 Å². The Morgan fingerprint density at radius 1 is 0.921 bits per heavy atom. The van der Waals surface area contributed by atoms with Gasteiger partial charge >= 0.3 is 5.97 Å². The fourth-order valence-electron chi connectivity index (χ4n) is 4.36. The number of hydrogen-bond donors (Lipinski definition) is 1. The summed E-state index contributed by atoms with van der Waals surface area (Å²) in [4.78, 5) is 27.6. The first kappa shape index (κ1) is 29.2. The van der Waals surface area contributed by atoms with E-state index >= 15 is 0 Å². The molecule has 0 unspecified atom stereocenters. The number of nitrogens with zero attached hydrogens (tertiary/aromatic N) is 2. The molecule has 1 N–H and O–H groups in total. The minimum Gasteiger partial charge on any atom is -0.468 e. The van der Waals surface area contributed by atoms with E-state index < -0.39 is 22.5 Å². The van der Waals surface area contributed by atoms with Gasteiger partial charge in [-0.05, 0) is 35.3 Å². The second-order valence-electron chi connectivity index (χ2n) is 8.40. The van der Waals surface area contributed by atoms with Crippen LogP contribution in [0.25, 0.3) is 6.08 Å². The number of carbonyl (C=O) groups excluding carboxylic acids is 1. The van der Waals surface area contributed by atoms with Crippen LogP contribution in [0.5, 0.6) is 0 Å². The SMILES string of the molecule is COC(=O)[C@H](C/C=C/c1ccc([N+](=O)[O-])cn1)NC(c1ccccc1)(c1ccccc1)c1ccccc1.[Ar]. The Morgan fingerprint density at radius 3 is 1.82 bits per heavy atom. The molecule has 194 valence electrons. The molecule has 0 bridgehead atoms. The summed E-state index contributed by atoms with van der Waals surface area (Å²) < 4.78 is 5.18. The molecular weight excluding hydrogens is 506 g/mol. The van der Waals surface area contributed by atoms with Gasteiger partial charge in [0.15, 0.2) is 0 Å². The molecule has 0 aliphatic heterocycles. The molecule has 4 aromatic rings. The van der Waals surface area contributed by atoms with E-state index in [4.69, 9.17) is 4.74 Å². The molecule has 0 fully saturated rings. The number of esters is 1. The molecule has 4 rings (SSSR count). The number of nitrogens with one attached hydrogen (secondary N) is 1. The molecule has 8 heteroatoms. The predicted octanol–water partition coefficient (Wildman–Crippen LogP) is 5.52. The summed E-state index contributed by atoms with van der Waals surface area (Å²) in [6, 6.07) is 32.2. The summed E-state index contributed by atoms with van der Waals surface area (Å²) in [7, 11) is 1.37. The zero-order chi connectivity index (χ0) is 26.1. The Morgan fingerprint density at radius 2 is 1.42 bits per heavy atom. The van der Waals surface area contributed by atoms with Crippen LogP contribution in [0.3, 0.4) is 0 Å². The topological polar surface area (TPSA) is 94.4 Å². The summed E-state index contributed by atoms with van der Waals surface area (Å²) in [6.07, 6.45) is 5.06. The van der Waals surface area contributed by atoms with Crippen molar-refractivity contribution < 1.29 is 52.2 Å². The normalized spacial score (nSPS) is 11.9. The predicted molar refractivity (Wildman–Crippen MR) is 143 cm³/mol. The van der Waals surface area contributed by atoms with E-state index in [-0.39, 0.29) is 43.4 Å². The van der Waals surface area contributed by atoms with Crippen molar-refractivity contribution in [1.82, 2.24) is 10.3 Å². The van der Waals surface area contributed by atoms with Crippen LogP contribution in [0.15, 0.2) is 115 Å². The van der Waals surface area contributed by atoms with Crippen LogP contribution in [-0.4, -0.2) is 29.0 Å². The van der Waals surface area contributed by atoms with Crippen LogP contribution >= 0.6 is 0 Å². The van der Waals surface area contributed by atoms with Crippen LogP contribution < -0.4 is 5.32 Å². The van der Waals surface area contributed by atoms with Crippen LogP contribution in [0.2, 0.25) is 0 Å². The second kappa shape index (κ2) is 14.0. The molecule has 1 atom stereocenters. The molecule has 38 heavy (non-hydrogen) atoms. The van der Waals surface area contributed by atoms with E-state index in [1.54, 1.807) is 12.1 Å². The summed E-state index contributed by atoms with van der Waals surface area (Å²) in [5.74, 6) is -0.409. The number of pyridine rings is 1. The largest absolute Gasteiger partial charge is 0.468 e. The fraction of sp³-hybridized carbons (Fsp3) is 0.133. The van der Waals surface area contributed by atoms with Gasteiger partial charge in [-0.3, -0.25) is 20.2 Å². The van der Waals surface area contributed by atoms with Crippen molar-refractivity contribution in [1.29, 1.82) is 0 Å². The van der Waals surface area contributed by atoms with E-state index in [1.807, 2.05) is 97.1 Å². The van der Waals surface area contributed by atoms with Crippen molar-refractivity contribution in [3.63, 3.8) is 0 Å². The summed E-state index contributed by atoms with van der Waals surface area (Å²) in [5.41, 5.74) is 2.55. The summed E-state index contributed by atoms with van der Waals surface area (Å²) >= 11 is 0. The number of benzene rings is 3. The van der Waals surface area contributed by atoms with Crippen LogP contribution in [0.1, 0.15) is 28.8 Å². The summed E-state index contributed by atoms with van der Waals surface area (Å²) in [5, 5.41) is 14.5. The molecule has 0 amide bonds. The van der Waals surface area contributed by atoms with Gasteiger partial charge in [0.2, 0.25) is 0 Å². The Bertz CT molecular complexity index is 1250. The molecule has 0 spiro atoms. The Hall–Kier alpha value is -3.36. The van der Waals surface area contributed by atoms with Crippen molar-refractivity contribution >= 4 is 17.7 Å². The van der Waals surface area contributed by atoms with E-state index in [1.165, 1.54) is 19.4 Å². The van der Waals surface area contributed by atoms with Gasteiger partial charge in [-0.1, -0.05) is 97.1 Å². The number of nitro groups is 1.